The van der Waals surface area contributed by atoms with E-state index in [-0.39, 0.29) is 5.92 Å². The highest BCUT2D eigenvalue weighted by Crippen LogP contribution is 2.33. The highest BCUT2D eigenvalue weighted by Gasteiger charge is 2.39. The molecule has 2 fully saturated rings. The summed E-state index contributed by atoms with van der Waals surface area (Å²) in [5.74, 6) is 0.488. The number of morpholine rings is 1. The zero-order valence-electron chi connectivity index (χ0n) is 12.6. The summed E-state index contributed by atoms with van der Waals surface area (Å²) in [5.41, 5.74) is 3.25. The van der Waals surface area contributed by atoms with Crippen molar-refractivity contribution in [3.8, 4) is 0 Å². The lowest BCUT2D eigenvalue weighted by Crippen LogP contribution is -2.55. The van der Waals surface area contributed by atoms with Crippen molar-refractivity contribution < 1.29 is 9.53 Å². The number of carbonyl (C=O) groups excluding carboxylic acids is 1. The van der Waals surface area contributed by atoms with Crippen molar-refractivity contribution in [1.29, 1.82) is 0 Å². The van der Waals surface area contributed by atoms with Gasteiger partial charge >= 0.3 is 0 Å². The molecule has 1 aromatic carbocycles. The van der Waals surface area contributed by atoms with Crippen LogP contribution in [0.4, 0.5) is 0 Å². The van der Waals surface area contributed by atoms with Gasteiger partial charge in [0.15, 0.2) is 5.78 Å². The molecule has 3 rings (SSSR count). The quantitative estimate of drug-likeness (QED) is 0.776. The molecular formula is C17H23NO2. The summed E-state index contributed by atoms with van der Waals surface area (Å²) >= 11 is 0. The summed E-state index contributed by atoms with van der Waals surface area (Å²) in [6.45, 7) is 5.66. The first-order chi connectivity index (χ1) is 9.58. The first kappa shape index (κ1) is 13.8. The number of nitrogens with zero attached hydrogens (tertiary/aromatic N) is 1. The Morgan fingerprint density at radius 1 is 1.20 bits per heavy atom. The van der Waals surface area contributed by atoms with Crippen LogP contribution in [0.5, 0.6) is 0 Å². The molecule has 3 nitrogen and oxygen atoms in total. The van der Waals surface area contributed by atoms with Crippen LogP contribution in [-0.4, -0.2) is 43.0 Å². The van der Waals surface area contributed by atoms with E-state index < -0.39 is 0 Å². The number of ketones is 1. The molecule has 20 heavy (non-hydrogen) atoms. The molecule has 1 aromatic rings. The third-order valence-corrected chi connectivity index (χ3v) is 5.13. The van der Waals surface area contributed by atoms with Gasteiger partial charge in [-0.25, -0.2) is 0 Å². The van der Waals surface area contributed by atoms with Gasteiger partial charge in [-0.2, -0.15) is 0 Å². The standard InChI is InChI=1S/C17H23NO2/c1-11-5-4-6-16(12(11)2)17(19)13-7-14-9-20-10-15(8-13)18(14)3/h4-6,13-15H,7-10H2,1-3H3. The number of rotatable bonds is 2. The van der Waals surface area contributed by atoms with Gasteiger partial charge in [0.1, 0.15) is 0 Å². The summed E-state index contributed by atoms with van der Waals surface area (Å²) in [6.07, 6.45) is 1.86. The molecule has 2 bridgehead atoms. The van der Waals surface area contributed by atoms with Crippen LogP contribution in [-0.2, 0) is 4.74 Å². The zero-order valence-corrected chi connectivity index (χ0v) is 12.6. The molecule has 0 aliphatic carbocycles. The highest BCUT2D eigenvalue weighted by atomic mass is 16.5. The molecular weight excluding hydrogens is 250 g/mol. The van der Waals surface area contributed by atoms with Gasteiger partial charge in [-0.05, 0) is 44.9 Å². The van der Waals surface area contributed by atoms with E-state index in [1.54, 1.807) is 0 Å². The van der Waals surface area contributed by atoms with Gasteiger partial charge in [0.2, 0.25) is 0 Å². The predicted molar refractivity (Wildman–Crippen MR) is 79.1 cm³/mol. The molecule has 2 atom stereocenters. The number of hydrogen-bond donors (Lipinski definition) is 0. The highest BCUT2D eigenvalue weighted by molar-refractivity contribution is 5.99. The minimum Gasteiger partial charge on any atom is -0.378 e. The minimum absolute atomic E-state index is 0.158. The molecule has 2 saturated heterocycles. The molecule has 2 aliphatic heterocycles. The SMILES string of the molecule is Cc1cccc(C(=O)C2CC3COCC(C2)N3C)c1C. The number of piperidine rings is 1. The second-order valence-corrected chi connectivity index (χ2v) is 6.29. The number of ether oxygens (including phenoxy) is 1. The fourth-order valence-corrected chi connectivity index (χ4v) is 3.55. The van der Waals surface area contributed by atoms with Crippen molar-refractivity contribution in [3.63, 3.8) is 0 Å². The largest absolute Gasteiger partial charge is 0.378 e. The average molecular weight is 273 g/mol. The van der Waals surface area contributed by atoms with E-state index in [0.29, 0.717) is 17.9 Å². The number of aryl methyl sites for hydroxylation is 1. The number of fused-ring (bicyclic) bond motifs is 2. The van der Waals surface area contributed by atoms with Gasteiger partial charge in [0, 0.05) is 23.6 Å². The van der Waals surface area contributed by atoms with Crippen LogP contribution in [0, 0.1) is 19.8 Å². The molecule has 2 heterocycles. The van der Waals surface area contributed by atoms with Gasteiger partial charge in [0.25, 0.3) is 0 Å². The third-order valence-electron chi connectivity index (χ3n) is 5.13. The van der Waals surface area contributed by atoms with E-state index in [4.69, 9.17) is 4.74 Å². The van der Waals surface area contributed by atoms with Crippen LogP contribution < -0.4 is 0 Å². The van der Waals surface area contributed by atoms with Gasteiger partial charge in [-0.15, -0.1) is 0 Å². The van der Waals surface area contributed by atoms with Crippen molar-refractivity contribution >= 4 is 5.78 Å². The third kappa shape index (κ3) is 2.29. The molecule has 0 spiro atoms. The van der Waals surface area contributed by atoms with Crippen LogP contribution in [0.2, 0.25) is 0 Å². The van der Waals surface area contributed by atoms with Crippen LogP contribution in [0.3, 0.4) is 0 Å². The Morgan fingerprint density at radius 3 is 2.50 bits per heavy atom. The first-order valence-electron chi connectivity index (χ1n) is 7.48. The van der Waals surface area contributed by atoms with Gasteiger partial charge in [-0.3, -0.25) is 9.69 Å². The summed E-state index contributed by atoms with van der Waals surface area (Å²) in [4.78, 5) is 15.3. The Hall–Kier alpha value is -1.19. The van der Waals surface area contributed by atoms with E-state index in [9.17, 15) is 4.79 Å². The maximum Gasteiger partial charge on any atom is 0.166 e. The smallest absolute Gasteiger partial charge is 0.166 e. The zero-order chi connectivity index (χ0) is 14.3. The Bertz CT molecular complexity index is 512. The Kier molecular flexibility index (Phi) is 3.65. The van der Waals surface area contributed by atoms with E-state index in [0.717, 1.165) is 37.2 Å². The molecule has 108 valence electrons. The molecule has 0 N–H and O–H groups in total. The van der Waals surface area contributed by atoms with E-state index >= 15 is 0 Å². The maximum absolute atomic E-state index is 12.9. The minimum atomic E-state index is 0.158. The van der Waals surface area contributed by atoms with Crippen molar-refractivity contribution in [2.24, 2.45) is 5.92 Å². The van der Waals surface area contributed by atoms with Crippen LogP contribution >= 0.6 is 0 Å². The Morgan fingerprint density at radius 2 is 1.85 bits per heavy atom. The topological polar surface area (TPSA) is 29.5 Å². The lowest BCUT2D eigenvalue weighted by Gasteiger charge is -2.46. The number of benzene rings is 1. The molecule has 2 unspecified atom stereocenters. The fourth-order valence-electron chi connectivity index (χ4n) is 3.55. The number of hydrogen-bond acceptors (Lipinski definition) is 3. The molecule has 0 saturated carbocycles. The second-order valence-electron chi connectivity index (χ2n) is 6.29. The molecule has 3 heteroatoms. The Balaban J connectivity index is 1.83. The summed E-state index contributed by atoms with van der Waals surface area (Å²) in [5, 5.41) is 0. The molecule has 2 aliphatic rings. The fraction of sp³-hybridized carbons (Fsp3) is 0.588. The van der Waals surface area contributed by atoms with Gasteiger partial charge in [0.05, 0.1) is 13.2 Å². The van der Waals surface area contributed by atoms with Crippen molar-refractivity contribution in [3.05, 3.63) is 34.9 Å². The van der Waals surface area contributed by atoms with Crippen LogP contribution in [0.15, 0.2) is 18.2 Å². The van der Waals surface area contributed by atoms with E-state index in [1.807, 2.05) is 12.1 Å². The Labute approximate surface area is 120 Å². The summed E-state index contributed by atoms with van der Waals surface area (Å²) < 4.78 is 5.63. The summed E-state index contributed by atoms with van der Waals surface area (Å²) in [6, 6.07) is 6.86. The monoisotopic (exact) mass is 273 g/mol. The van der Waals surface area contributed by atoms with Crippen molar-refractivity contribution in [2.75, 3.05) is 20.3 Å². The van der Waals surface area contributed by atoms with Crippen molar-refractivity contribution in [1.82, 2.24) is 4.90 Å². The maximum atomic E-state index is 12.9. The van der Waals surface area contributed by atoms with Gasteiger partial charge < -0.3 is 4.74 Å². The normalized spacial score (nSPS) is 30.2. The van der Waals surface area contributed by atoms with E-state index in [2.05, 4.69) is 31.9 Å². The number of likely N-dealkylation sites (N-methyl/N-ethyl adjacent to an activating group) is 1. The predicted octanol–water partition coefficient (Wildman–Crippen LogP) is 2.60. The molecule has 0 aromatic heterocycles. The van der Waals surface area contributed by atoms with Crippen molar-refractivity contribution in [2.45, 2.75) is 38.8 Å². The van der Waals surface area contributed by atoms with Crippen LogP contribution in [0.1, 0.15) is 34.3 Å². The first-order valence-corrected chi connectivity index (χ1v) is 7.48. The lowest BCUT2D eigenvalue weighted by molar-refractivity contribution is -0.0702. The number of carbonyl (C=O) groups is 1. The molecule has 0 radical (unpaired) electrons. The van der Waals surface area contributed by atoms with Crippen LogP contribution in [0.25, 0.3) is 0 Å². The number of Topliss-reactive ketones (excluding diaryl/α,β-unsaturated/α-hetero) is 1. The second kappa shape index (κ2) is 5.30. The average Bonchev–Trinajstić information content (AvgIpc) is 2.41. The van der Waals surface area contributed by atoms with E-state index in [1.165, 1.54) is 5.56 Å². The summed E-state index contributed by atoms with van der Waals surface area (Å²) in [7, 11) is 2.16. The molecule has 0 amide bonds. The lowest BCUT2D eigenvalue weighted by atomic mass is 9.80. The van der Waals surface area contributed by atoms with Gasteiger partial charge in [-0.1, -0.05) is 18.2 Å².